The average molecular weight is 315 g/mol. The molecule has 21 heavy (non-hydrogen) atoms. The Bertz CT molecular complexity index is 623. The van der Waals surface area contributed by atoms with Crippen LogP contribution in [0.5, 0.6) is 0 Å². The molecule has 0 N–H and O–H groups in total. The van der Waals surface area contributed by atoms with E-state index in [0.29, 0.717) is 0 Å². The molecule has 0 bridgehead atoms. The maximum absolute atomic E-state index is 6.47. The molecule has 1 heterocycles. The van der Waals surface area contributed by atoms with Crippen molar-refractivity contribution >= 4 is 16.4 Å². The first-order valence-electron chi connectivity index (χ1n) is 7.57. The van der Waals surface area contributed by atoms with E-state index in [0.717, 1.165) is 5.56 Å². The molecule has 0 fully saturated rings. The molecule has 3 heteroatoms. The first-order chi connectivity index (χ1) is 9.54. The van der Waals surface area contributed by atoms with Crippen molar-refractivity contribution in [1.29, 1.82) is 0 Å². The second-order valence-electron chi connectivity index (χ2n) is 7.74. The van der Waals surface area contributed by atoms with Crippen molar-refractivity contribution in [2.75, 3.05) is 0 Å². The zero-order chi connectivity index (χ0) is 15.9. The molecule has 1 nitrogen and oxygen atoms in total. The highest BCUT2D eigenvalue weighted by atomic mass is 28.4. The highest BCUT2D eigenvalue weighted by Crippen LogP contribution is 2.43. The molecule has 0 saturated carbocycles. The van der Waals surface area contributed by atoms with Gasteiger partial charge in [0.25, 0.3) is 0 Å². The van der Waals surface area contributed by atoms with Crippen molar-refractivity contribution in [2.45, 2.75) is 52.2 Å². The highest BCUT2D eigenvalue weighted by Gasteiger charge is 2.50. The van der Waals surface area contributed by atoms with Crippen LogP contribution in [0.15, 0.2) is 40.7 Å². The number of allylic oxidation sites excluding steroid dienone is 1. The van der Waals surface area contributed by atoms with Gasteiger partial charge in [-0.25, -0.2) is 0 Å². The first kappa shape index (κ1) is 16.3. The van der Waals surface area contributed by atoms with Gasteiger partial charge in [0.15, 0.2) is 0 Å². The molecule has 2 rings (SSSR count). The van der Waals surface area contributed by atoms with Crippen molar-refractivity contribution in [2.24, 2.45) is 0 Å². The van der Waals surface area contributed by atoms with Crippen LogP contribution >= 0.6 is 0 Å². The smallest absolute Gasteiger partial charge is 0.227 e. The van der Waals surface area contributed by atoms with Gasteiger partial charge in [0.2, 0.25) is 8.32 Å². The van der Waals surface area contributed by atoms with E-state index in [1.54, 1.807) is 0 Å². The Labute approximate surface area is 131 Å². The largest absolute Gasteiger partial charge is 0.404 e. The van der Waals surface area contributed by atoms with E-state index in [4.69, 9.17) is 4.43 Å². The molecule has 0 amide bonds. The second-order valence-corrected chi connectivity index (χ2v) is 16.5. The average Bonchev–Trinajstić information content (AvgIpc) is 2.51. The van der Waals surface area contributed by atoms with Crippen molar-refractivity contribution in [3.8, 4) is 11.8 Å². The Balaban J connectivity index is 2.58. The molecular formula is C18H26OSi2. The predicted octanol–water partition coefficient (Wildman–Crippen LogP) is 4.77. The minimum absolute atomic E-state index is 0.152. The summed E-state index contributed by atoms with van der Waals surface area (Å²) in [5, 5.41) is 2.84. The summed E-state index contributed by atoms with van der Waals surface area (Å²) in [6.07, 6.45) is 0. The van der Waals surface area contributed by atoms with E-state index in [2.05, 4.69) is 70.6 Å². The fourth-order valence-electron chi connectivity index (χ4n) is 3.49. The molecule has 0 saturated heterocycles. The summed E-state index contributed by atoms with van der Waals surface area (Å²) in [7, 11) is -3.35. The minimum atomic E-state index is -1.89. The molecule has 1 aliphatic rings. The Morgan fingerprint density at radius 1 is 1.00 bits per heavy atom. The lowest BCUT2D eigenvalue weighted by Crippen LogP contribution is -2.39. The van der Waals surface area contributed by atoms with E-state index in [-0.39, 0.29) is 5.60 Å². The SMILES string of the molecule is CC1(C)O[Si](C)(C)C(C#Cc2ccccc2)=C1[Si](C)(C)C. The number of rotatable bonds is 1. The zero-order valence-electron chi connectivity index (χ0n) is 14.3. The van der Waals surface area contributed by atoms with Crippen LogP contribution in [0.25, 0.3) is 0 Å². The quantitative estimate of drug-likeness (QED) is 0.536. The van der Waals surface area contributed by atoms with Crippen molar-refractivity contribution in [1.82, 2.24) is 0 Å². The summed E-state index contributed by atoms with van der Waals surface area (Å²) < 4.78 is 6.47. The van der Waals surface area contributed by atoms with Crippen LogP contribution in [0, 0.1) is 11.8 Å². The summed E-state index contributed by atoms with van der Waals surface area (Å²) in [6.45, 7) is 16.2. The van der Waals surface area contributed by atoms with Crippen LogP contribution in [-0.2, 0) is 4.43 Å². The van der Waals surface area contributed by atoms with Crippen LogP contribution in [-0.4, -0.2) is 22.0 Å². The van der Waals surface area contributed by atoms with Crippen LogP contribution in [0.4, 0.5) is 0 Å². The molecule has 0 radical (unpaired) electrons. The molecule has 0 unspecified atom stereocenters. The summed E-state index contributed by atoms with van der Waals surface area (Å²) in [4.78, 5) is 0. The molecular weight excluding hydrogens is 288 g/mol. The fraction of sp³-hybridized carbons (Fsp3) is 0.444. The topological polar surface area (TPSA) is 9.23 Å². The van der Waals surface area contributed by atoms with Gasteiger partial charge in [-0.2, -0.15) is 0 Å². The van der Waals surface area contributed by atoms with E-state index < -0.39 is 16.4 Å². The molecule has 1 aliphatic heterocycles. The number of hydrogen-bond donors (Lipinski definition) is 0. The van der Waals surface area contributed by atoms with E-state index in [9.17, 15) is 0 Å². The lowest BCUT2D eigenvalue weighted by Gasteiger charge is -2.32. The first-order valence-corrected chi connectivity index (χ1v) is 14.0. The Hall–Kier alpha value is -1.09. The van der Waals surface area contributed by atoms with Gasteiger partial charge < -0.3 is 4.43 Å². The van der Waals surface area contributed by atoms with Gasteiger partial charge in [0.1, 0.15) is 0 Å². The van der Waals surface area contributed by atoms with Gasteiger partial charge in [-0.1, -0.05) is 49.7 Å². The molecule has 1 aromatic rings. The monoisotopic (exact) mass is 314 g/mol. The highest BCUT2D eigenvalue weighted by molar-refractivity contribution is 6.89. The lowest BCUT2D eigenvalue weighted by atomic mass is 10.1. The van der Waals surface area contributed by atoms with E-state index >= 15 is 0 Å². The Morgan fingerprint density at radius 3 is 2.10 bits per heavy atom. The number of hydrogen-bond acceptors (Lipinski definition) is 1. The van der Waals surface area contributed by atoms with Gasteiger partial charge in [-0.15, -0.1) is 0 Å². The van der Waals surface area contributed by atoms with Gasteiger partial charge in [0.05, 0.1) is 13.7 Å². The summed E-state index contributed by atoms with van der Waals surface area (Å²) in [5.74, 6) is 6.85. The van der Waals surface area contributed by atoms with Gasteiger partial charge in [-0.05, 0) is 44.3 Å². The normalized spacial score (nSPS) is 20.1. The molecule has 0 spiro atoms. The zero-order valence-corrected chi connectivity index (χ0v) is 16.3. The van der Waals surface area contributed by atoms with E-state index in [1.807, 2.05) is 18.2 Å². The fourth-order valence-corrected chi connectivity index (χ4v) is 11.0. The Morgan fingerprint density at radius 2 is 1.57 bits per heavy atom. The van der Waals surface area contributed by atoms with Gasteiger partial charge >= 0.3 is 0 Å². The van der Waals surface area contributed by atoms with Crippen LogP contribution in [0.3, 0.4) is 0 Å². The number of benzene rings is 1. The predicted molar refractivity (Wildman–Crippen MR) is 96.3 cm³/mol. The summed E-state index contributed by atoms with van der Waals surface area (Å²) in [5.41, 5.74) is 0.926. The molecule has 0 atom stereocenters. The third-order valence-electron chi connectivity index (χ3n) is 3.82. The molecule has 0 aromatic heterocycles. The van der Waals surface area contributed by atoms with Crippen LogP contribution in [0.2, 0.25) is 32.7 Å². The Kier molecular flexibility index (Phi) is 4.09. The standard InChI is InChI=1S/C18H26OSi2/c1-18(2)17(20(3,4)5)16(21(6,7)19-18)14-13-15-11-9-8-10-12-15/h8-12H,1-7H3. The van der Waals surface area contributed by atoms with E-state index in [1.165, 1.54) is 10.4 Å². The van der Waals surface area contributed by atoms with Crippen molar-refractivity contribution in [3.63, 3.8) is 0 Å². The second kappa shape index (κ2) is 5.28. The summed E-state index contributed by atoms with van der Waals surface area (Å²) >= 11 is 0. The molecule has 1 aromatic carbocycles. The minimum Gasteiger partial charge on any atom is -0.404 e. The molecule has 0 aliphatic carbocycles. The third-order valence-corrected chi connectivity index (χ3v) is 9.02. The maximum atomic E-state index is 6.47. The van der Waals surface area contributed by atoms with Gasteiger partial charge in [-0.3, -0.25) is 0 Å². The molecule has 112 valence electrons. The lowest BCUT2D eigenvalue weighted by molar-refractivity contribution is 0.162. The van der Waals surface area contributed by atoms with Crippen molar-refractivity contribution < 1.29 is 4.43 Å². The van der Waals surface area contributed by atoms with Gasteiger partial charge in [0, 0.05) is 10.8 Å². The van der Waals surface area contributed by atoms with Crippen molar-refractivity contribution in [3.05, 3.63) is 46.3 Å². The maximum Gasteiger partial charge on any atom is 0.227 e. The summed E-state index contributed by atoms with van der Waals surface area (Å²) in [6, 6.07) is 10.2. The van der Waals surface area contributed by atoms with Crippen LogP contribution in [0.1, 0.15) is 19.4 Å². The van der Waals surface area contributed by atoms with Crippen LogP contribution < -0.4 is 0 Å². The third kappa shape index (κ3) is 3.40.